The lowest BCUT2D eigenvalue weighted by Crippen LogP contribution is -2.03. The van der Waals surface area contributed by atoms with Crippen LogP contribution in [0, 0.1) is 0 Å². The van der Waals surface area contributed by atoms with Crippen LogP contribution in [0.4, 0.5) is 0 Å². The molecule has 0 aliphatic rings. The summed E-state index contributed by atoms with van der Waals surface area (Å²) >= 11 is 5.85. The van der Waals surface area contributed by atoms with Crippen molar-refractivity contribution in [3.8, 4) is 5.69 Å². The van der Waals surface area contributed by atoms with Gasteiger partial charge in [0.25, 0.3) is 0 Å². The first-order valence-corrected chi connectivity index (χ1v) is 5.95. The van der Waals surface area contributed by atoms with Gasteiger partial charge in [0.15, 0.2) is 0 Å². The van der Waals surface area contributed by atoms with Gasteiger partial charge in [-0.2, -0.15) is 0 Å². The summed E-state index contributed by atoms with van der Waals surface area (Å²) in [5.74, 6) is 0.419. The van der Waals surface area contributed by atoms with Gasteiger partial charge in [-0.25, -0.2) is 4.68 Å². The third-order valence-corrected chi connectivity index (χ3v) is 2.71. The van der Waals surface area contributed by atoms with Crippen LogP contribution in [0.5, 0.6) is 0 Å². The highest BCUT2D eigenvalue weighted by molar-refractivity contribution is 6.16. The van der Waals surface area contributed by atoms with Crippen LogP contribution in [0.2, 0.25) is 0 Å². The van der Waals surface area contributed by atoms with Crippen LogP contribution in [0.1, 0.15) is 24.7 Å². The molecule has 0 N–H and O–H groups in total. The molecule has 2 rings (SSSR count). The van der Waals surface area contributed by atoms with E-state index in [0.717, 1.165) is 29.9 Å². The van der Waals surface area contributed by atoms with E-state index in [-0.39, 0.29) is 0 Å². The Hall–Kier alpha value is -1.35. The van der Waals surface area contributed by atoms with Crippen molar-refractivity contribution in [3.63, 3.8) is 0 Å². The maximum Gasteiger partial charge on any atom is 0.101 e. The van der Waals surface area contributed by atoms with Crippen LogP contribution < -0.4 is 0 Å². The zero-order valence-corrected chi connectivity index (χ0v) is 9.98. The predicted octanol–water partition coefficient (Wildman–Crippen LogP) is 2.96. The molecule has 3 nitrogen and oxygen atoms in total. The van der Waals surface area contributed by atoms with E-state index in [2.05, 4.69) is 17.2 Å². The average molecular weight is 236 g/mol. The first kappa shape index (κ1) is 11.1. The second-order valence-electron chi connectivity index (χ2n) is 3.61. The predicted molar refractivity (Wildman–Crippen MR) is 64.9 cm³/mol. The Balaban J connectivity index is 2.44. The van der Waals surface area contributed by atoms with Crippen molar-refractivity contribution in [2.75, 3.05) is 0 Å². The fraction of sp³-hybridized carbons (Fsp3) is 0.333. The van der Waals surface area contributed by atoms with Gasteiger partial charge in [0.2, 0.25) is 0 Å². The molecule has 0 aliphatic heterocycles. The summed E-state index contributed by atoms with van der Waals surface area (Å²) in [6.07, 6.45) is 2.01. The molecule has 16 heavy (non-hydrogen) atoms. The van der Waals surface area contributed by atoms with E-state index in [0.29, 0.717) is 5.88 Å². The maximum absolute atomic E-state index is 5.85. The largest absolute Gasteiger partial charge is 0.217 e. The lowest BCUT2D eigenvalue weighted by atomic mass is 10.2. The topological polar surface area (TPSA) is 30.7 Å². The maximum atomic E-state index is 5.85. The van der Waals surface area contributed by atoms with Crippen LogP contribution in [0.3, 0.4) is 0 Å². The Bertz CT molecular complexity index is 451. The lowest BCUT2D eigenvalue weighted by Gasteiger charge is -2.05. The molecule has 0 spiro atoms. The van der Waals surface area contributed by atoms with Gasteiger partial charge in [0.1, 0.15) is 5.69 Å². The van der Waals surface area contributed by atoms with Gasteiger partial charge in [-0.3, -0.25) is 0 Å². The van der Waals surface area contributed by atoms with E-state index in [4.69, 9.17) is 11.6 Å². The fourth-order valence-electron chi connectivity index (χ4n) is 1.70. The van der Waals surface area contributed by atoms with Gasteiger partial charge in [-0.15, -0.1) is 16.7 Å². The van der Waals surface area contributed by atoms with Crippen molar-refractivity contribution < 1.29 is 0 Å². The molecule has 0 amide bonds. The molecule has 0 bridgehead atoms. The molecule has 2 aromatic rings. The van der Waals surface area contributed by atoms with Gasteiger partial charge in [-0.05, 0) is 18.6 Å². The fourth-order valence-corrected chi connectivity index (χ4v) is 1.91. The zero-order chi connectivity index (χ0) is 11.4. The minimum absolute atomic E-state index is 0.419. The normalized spacial score (nSPS) is 10.6. The van der Waals surface area contributed by atoms with Crippen LogP contribution in [-0.2, 0) is 12.3 Å². The SMILES string of the molecule is CCCc1c(CCl)nnn1-c1ccccc1. The molecule has 4 heteroatoms. The Labute approximate surface area is 100 Å². The first-order valence-electron chi connectivity index (χ1n) is 5.41. The number of halogens is 1. The molecule has 0 unspecified atom stereocenters. The number of nitrogens with zero attached hydrogens (tertiary/aromatic N) is 3. The van der Waals surface area contributed by atoms with Crippen LogP contribution in [0.25, 0.3) is 5.69 Å². The number of hydrogen-bond acceptors (Lipinski definition) is 2. The van der Waals surface area contributed by atoms with Gasteiger partial charge in [0, 0.05) is 0 Å². The van der Waals surface area contributed by atoms with Crippen molar-refractivity contribution in [1.29, 1.82) is 0 Å². The van der Waals surface area contributed by atoms with E-state index < -0.39 is 0 Å². The zero-order valence-electron chi connectivity index (χ0n) is 9.23. The van der Waals surface area contributed by atoms with Crippen molar-refractivity contribution in [1.82, 2.24) is 15.0 Å². The summed E-state index contributed by atoms with van der Waals surface area (Å²) in [4.78, 5) is 0. The molecular formula is C12H14ClN3. The number of hydrogen-bond donors (Lipinski definition) is 0. The standard InChI is InChI=1S/C12H14ClN3/c1-2-6-12-11(9-13)14-15-16(12)10-7-4-3-5-8-10/h3-5,7-8H,2,6,9H2,1H3. The summed E-state index contributed by atoms with van der Waals surface area (Å²) in [5.41, 5.74) is 3.03. The summed E-state index contributed by atoms with van der Waals surface area (Å²) in [6, 6.07) is 10.0. The molecule has 1 aromatic carbocycles. The second kappa shape index (κ2) is 5.12. The first-order chi connectivity index (χ1) is 7.86. The number of para-hydroxylation sites is 1. The highest BCUT2D eigenvalue weighted by Gasteiger charge is 2.11. The number of aromatic nitrogens is 3. The summed E-state index contributed by atoms with van der Waals surface area (Å²) < 4.78 is 1.88. The summed E-state index contributed by atoms with van der Waals surface area (Å²) in [7, 11) is 0. The van der Waals surface area contributed by atoms with Gasteiger partial charge >= 0.3 is 0 Å². The van der Waals surface area contributed by atoms with E-state index in [1.54, 1.807) is 0 Å². The van der Waals surface area contributed by atoms with Crippen LogP contribution in [0.15, 0.2) is 30.3 Å². The third kappa shape index (κ3) is 2.09. The highest BCUT2D eigenvalue weighted by atomic mass is 35.5. The Morgan fingerprint density at radius 2 is 2.00 bits per heavy atom. The van der Waals surface area contributed by atoms with Gasteiger partial charge in [0.05, 0.1) is 17.3 Å². The van der Waals surface area contributed by atoms with Crippen LogP contribution >= 0.6 is 11.6 Å². The van der Waals surface area contributed by atoms with Crippen LogP contribution in [-0.4, -0.2) is 15.0 Å². The Morgan fingerprint density at radius 1 is 1.25 bits per heavy atom. The van der Waals surface area contributed by atoms with E-state index >= 15 is 0 Å². The molecule has 0 aliphatic carbocycles. The smallest absolute Gasteiger partial charge is 0.101 e. The monoisotopic (exact) mass is 235 g/mol. The molecule has 0 saturated carbocycles. The van der Waals surface area contributed by atoms with Crippen molar-refractivity contribution in [2.24, 2.45) is 0 Å². The molecule has 0 atom stereocenters. The molecule has 1 heterocycles. The Kier molecular flexibility index (Phi) is 3.57. The number of alkyl halides is 1. The minimum atomic E-state index is 0.419. The summed E-state index contributed by atoms with van der Waals surface area (Å²) in [6.45, 7) is 2.14. The van der Waals surface area contributed by atoms with Crippen molar-refractivity contribution in [2.45, 2.75) is 25.6 Å². The molecule has 84 valence electrons. The van der Waals surface area contributed by atoms with E-state index in [1.807, 2.05) is 35.0 Å². The quantitative estimate of drug-likeness (QED) is 0.763. The molecule has 0 fully saturated rings. The molecule has 1 aromatic heterocycles. The van der Waals surface area contributed by atoms with E-state index in [1.165, 1.54) is 0 Å². The average Bonchev–Trinajstić information content (AvgIpc) is 2.74. The van der Waals surface area contributed by atoms with Crippen molar-refractivity contribution >= 4 is 11.6 Å². The third-order valence-electron chi connectivity index (χ3n) is 2.46. The number of benzene rings is 1. The Morgan fingerprint density at radius 3 is 2.62 bits per heavy atom. The highest BCUT2D eigenvalue weighted by Crippen LogP contribution is 2.15. The van der Waals surface area contributed by atoms with Gasteiger partial charge < -0.3 is 0 Å². The van der Waals surface area contributed by atoms with Crippen molar-refractivity contribution in [3.05, 3.63) is 41.7 Å². The second-order valence-corrected chi connectivity index (χ2v) is 3.88. The minimum Gasteiger partial charge on any atom is -0.217 e. The number of rotatable bonds is 4. The lowest BCUT2D eigenvalue weighted by molar-refractivity contribution is 0.745. The molecule has 0 radical (unpaired) electrons. The molecule has 0 saturated heterocycles. The van der Waals surface area contributed by atoms with E-state index in [9.17, 15) is 0 Å². The summed E-state index contributed by atoms with van der Waals surface area (Å²) in [5, 5.41) is 8.27. The molecular weight excluding hydrogens is 222 g/mol. The van der Waals surface area contributed by atoms with Gasteiger partial charge in [-0.1, -0.05) is 36.8 Å².